The van der Waals surface area contributed by atoms with E-state index in [1.807, 2.05) is 12.1 Å². The molecular weight excluding hydrogens is 302 g/mol. The zero-order valence-corrected chi connectivity index (χ0v) is 13.7. The van der Waals surface area contributed by atoms with Gasteiger partial charge in [-0.25, -0.2) is 0 Å². The molecule has 2 aromatic carbocycles. The molecule has 3 atom stereocenters. The Morgan fingerprint density at radius 3 is 2.62 bits per heavy atom. The third kappa shape index (κ3) is 2.46. The van der Waals surface area contributed by atoms with E-state index in [9.17, 15) is 14.7 Å². The molecule has 1 amide bonds. The number of amides is 1. The minimum atomic E-state index is -0.806. The van der Waals surface area contributed by atoms with Crippen molar-refractivity contribution in [2.45, 2.75) is 25.7 Å². The van der Waals surface area contributed by atoms with Crippen LogP contribution in [0.5, 0.6) is 0 Å². The standard InChI is InChI=1S/C20H21NO3/c1-20(19(23)24)8-9-21(12-20)18(22)17-11-16(17)15-7-6-13-4-2-3-5-14(13)10-15/h2-7,10,16-17H,8-9,11-12H2,1H3,(H,23,24). The maximum Gasteiger partial charge on any atom is 0.311 e. The number of benzene rings is 2. The van der Waals surface area contributed by atoms with E-state index in [-0.39, 0.29) is 17.7 Å². The number of fused-ring (bicyclic) bond motifs is 1. The Morgan fingerprint density at radius 2 is 1.92 bits per heavy atom. The van der Waals surface area contributed by atoms with Gasteiger partial charge in [-0.05, 0) is 42.0 Å². The Hall–Kier alpha value is -2.36. The van der Waals surface area contributed by atoms with Gasteiger partial charge in [-0.15, -0.1) is 0 Å². The highest BCUT2D eigenvalue weighted by Crippen LogP contribution is 2.49. The van der Waals surface area contributed by atoms with Crippen molar-refractivity contribution >= 4 is 22.6 Å². The lowest BCUT2D eigenvalue weighted by Crippen LogP contribution is -2.35. The van der Waals surface area contributed by atoms with Crippen molar-refractivity contribution in [1.82, 2.24) is 4.90 Å². The topological polar surface area (TPSA) is 57.6 Å². The van der Waals surface area contributed by atoms with E-state index in [1.165, 1.54) is 16.3 Å². The molecule has 1 saturated heterocycles. The van der Waals surface area contributed by atoms with Crippen molar-refractivity contribution in [3.05, 3.63) is 48.0 Å². The molecule has 0 aromatic heterocycles. The van der Waals surface area contributed by atoms with Gasteiger partial charge in [-0.3, -0.25) is 9.59 Å². The van der Waals surface area contributed by atoms with E-state index in [2.05, 4.69) is 30.3 Å². The minimum Gasteiger partial charge on any atom is -0.481 e. The normalized spacial score (nSPS) is 29.0. The second-order valence-corrected chi connectivity index (χ2v) is 7.43. The summed E-state index contributed by atoms with van der Waals surface area (Å²) >= 11 is 0. The van der Waals surface area contributed by atoms with Crippen LogP contribution in [0.1, 0.15) is 31.2 Å². The Balaban J connectivity index is 1.47. The zero-order valence-electron chi connectivity index (χ0n) is 13.7. The number of hydrogen-bond donors (Lipinski definition) is 1. The molecule has 1 N–H and O–H groups in total. The summed E-state index contributed by atoms with van der Waals surface area (Å²) < 4.78 is 0. The molecule has 4 nitrogen and oxygen atoms in total. The van der Waals surface area contributed by atoms with Gasteiger partial charge in [0, 0.05) is 19.0 Å². The van der Waals surface area contributed by atoms with E-state index in [0.717, 1.165) is 6.42 Å². The molecule has 1 aliphatic carbocycles. The van der Waals surface area contributed by atoms with Gasteiger partial charge in [-0.2, -0.15) is 0 Å². The van der Waals surface area contributed by atoms with Crippen molar-refractivity contribution in [2.24, 2.45) is 11.3 Å². The number of aliphatic carboxylic acids is 1. The molecule has 124 valence electrons. The molecule has 2 fully saturated rings. The number of carbonyl (C=O) groups is 2. The number of rotatable bonds is 3. The first-order valence-corrected chi connectivity index (χ1v) is 8.49. The van der Waals surface area contributed by atoms with Crippen molar-refractivity contribution in [3.8, 4) is 0 Å². The number of carboxylic acids is 1. The molecule has 2 aromatic rings. The van der Waals surface area contributed by atoms with Crippen LogP contribution in [-0.4, -0.2) is 35.0 Å². The summed E-state index contributed by atoms with van der Waals surface area (Å²) in [5.74, 6) is -0.390. The second-order valence-electron chi connectivity index (χ2n) is 7.43. The lowest BCUT2D eigenvalue weighted by atomic mass is 9.90. The van der Waals surface area contributed by atoms with Crippen molar-refractivity contribution in [1.29, 1.82) is 0 Å². The van der Waals surface area contributed by atoms with E-state index in [4.69, 9.17) is 0 Å². The van der Waals surface area contributed by atoms with Gasteiger partial charge in [0.05, 0.1) is 5.41 Å². The largest absolute Gasteiger partial charge is 0.481 e. The van der Waals surface area contributed by atoms with Crippen LogP contribution >= 0.6 is 0 Å². The number of nitrogens with zero attached hydrogens (tertiary/aromatic N) is 1. The summed E-state index contributed by atoms with van der Waals surface area (Å²) in [6, 6.07) is 14.6. The van der Waals surface area contributed by atoms with E-state index in [1.54, 1.807) is 11.8 Å². The molecule has 2 aliphatic rings. The Labute approximate surface area is 141 Å². The molecular formula is C20H21NO3. The summed E-state index contributed by atoms with van der Waals surface area (Å²) in [5.41, 5.74) is 0.426. The molecule has 3 unspecified atom stereocenters. The highest BCUT2D eigenvalue weighted by Gasteiger charge is 2.49. The number of likely N-dealkylation sites (tertiary alicyclic amines) is 1. The average Bonchev–Trinajstić information content (AvgIpc) is 3.28. The first-order valence-electron chi connectivity index (χ1n) is 8.49. The highest BCUT2D eigenvalue weighted by atomic mass is 16.4. The highest BCUT2D eigenvalue weighted by molar-refractivity contribution is 5.87. The van der Waals surface area contributed by atoms with Crippen LogP contribution in [-0.2, 0) is 9.59 Å². The Kier molecular flexibility index (Phi) is 3.37. The fourth-order valence-electron chi connectivity index (χ4n) is 3.83. The third-order valence-corrected chi connectivity index (χ3v) is 5.61. The van der Waals surface area contributed by atoms with Crippen LogP contribution in [0.15, 0.2) is 42.5 Å². The average molecular weight is 323 g/mol. The summed E-state index contributed by atoms with van der Waals surface area (Å²) in [5, 5.41) is 11.7. The molecule has 1 aliphatic heterocycles. The molecule has 4 rings (SSSR count). The maximum absolute atomic E-state index is 12.7. The van der Waals surface area contributed by atoms with Crippen LogP contribution in [0.25, 0.3) is 10.8 Å². The second kappa shape index (κ2) is 5.33. The van der Waals surface area contributed by atoms with Gasteiger partial charge in [0.15, 0.2) is 0 Å². The van der Waals surface area contributed by atoms with Gasteiger partial charge in [0.25, 0.3) is 0 Å². The summed E-state index contributed by atoms with van der Waals surface area (Å²) in [6.07, 6.45) is 1.42. The zero-order chi connectivity index (χ0) is 16.9. The summed E-state index contributed by atoms with van der Waals surface area (Å²) in [4.78, 5) is 25.8. The predicted octanol–water partition coefficient (Wildman–Crippen LogP) is 3.27. The fourth-order valence-corrected chi connectivity index (χ4v) is 3.83. The minimum absolute atomic E-state index is 0.0160. The Morgan fingerprint density at radius 1 is 1.17 bits per heavy atom. The molecule has 1 saturated carbocycles. The van der Waals surface area contributed by atoms with Crippen LogP contribution < -0.4 is 0 Å². The maximum atomic E-state index is 12.7. The Bertz CT molecular complexity index is 830. The van der Waals surface area contributed by atoms with Gasteiger partial charge >= 0.3 is 5.97 Å². The summed E-state index contributed by atoms with van der Waals surface area (Å²) in [7, 11) is 0. The first kappa shape index (κ1) is 15.2. The monoisotopic (exact) mass is 323 g/mol. The number of carboxylic acid groups (broad SMARTS) is 1. The van der Waals surface area contributed by atoms with Crippen molar-refractivity contribution in [2.75, 3.05) is 13.1 Å². The molecule has 1 heterocycles. The first-order chi connectivity index (χ1) is 11.5. The lowest BCUT2D eigenvalue weighted by molar-refractivity contribution is -0.147. The molecule has 0 spiro atoms. The van der Waals surface area contributed by atoms with E-state index < -0.39 is 11.4 Å². The smallest absolute Gasteiger partial charge is 0.311 e. The van der Waals surface area contributed by atoms with Crippen LogP contribution in [0.4, 0.5) is 0 Å². The van der Waals surface area contributed by atoms with Crippen molar-refractivity contribution < 1.29 is 14.7 Å². The molecule has 24 heavy (non-hydrogen) atoms. The predicted molar refractivity (Wildman–Crippen MR) is 91.7 cm³/mol. The van der Waals surface area contributed by atoms with E-state index in [0.29, 0.717) is 19.5 Å². The van der Waals surface area contributed by atoms with Crippen LogP contribution in [0.2, 0.25) is 0 Å². The summed E-state index contributed by atoms with van der Waals surface area (Å²) in [6.45, 7) is 2.63. The molecule has 0 bridgehead atoms. The quantitative estimate of drug-likeness (QED) is 0.943. The molecule has 4 heteroatoms. The van der Waals surface area contributed by atoms with E-state index >= 15 is 0 Å². The third-order valence-electron chi connectivity index (χ3n) is 5.61. The van der Waals surface area contributed by atoms with Crippen LogP contribution in [0, 0.1) is 11.3 Å². The van der Waals surface area contributed by atoms with Gasteiger partial charge in [0.1, 0.15) is 0 Å². The molecule has 0 radical (unpaired) electrons. The lowest BCUT2D eigenvalue weighted by Gasteiger charge is -2.20. The van der Waals surface area contributed by atoms with Gasteiger partial charge in [-0.1, -0.05) is 42.5 Å². The SMILES string of the molecule is CC1(C(=O)O)CCN(C(=O)C2CC2c2ccc3ccccc3c2)C1. The van der Waals surface area contributed by atoms with Crippen molar-refractivity contribution in [3.63, 3.8) is 0 Å². The fraction of sp³-hybridized carbons (Fsp3) is 0.400. The van der Waals surface area contributed by atoms with Gasteiger partial charge in [0.2, 0.25) is 5.91 Å². The van der Waals surface area contributed by atoms with Crippen LogP contribution in [0.3, 0.4) is 0 Å². The van der Waals surface area contributed by atoms with Gasteiger partial charge < -0.3 is 10.0 Å². The number of carbonyl (C=O) groups excluding carboxylic acids is 1. The number of hydrogen-bond acceptors (Lipinski definition) is 2.